The minimum atomic E-state index is -0.700. The molecule has 0 saturated heterocycles. The lowest BCUT2D eigenvalue weighted by atomic mass is 10.1. The molecule has 0 aliphatic carbocycles. The van der Waals surface area contributed by atoms with Gasteiger partial charge in [0.15, 0.2) is 0 Å². The fraction of sp³-hybridized carbons (Fsp3) is 0.400. The number of anilines is 1. The van der Waals surface area contributed by atoms with Crippen molar-refractivity contribution in [2.24, 2.45) is 0 Å². The van der Waals surface area contributed by atoms with Crippen LogP contribution in [0.4, 0.5) is 5.69 Å². The summed E-state index contributed by atoms with van der Waals surface area (Å²) in [5, 5.41) is 15.0. The van der Waals surface area contributed by atoms with Crippen LogP contribution in [0.1, 0.15) is 37.3 Å². The third-order valence-electron chi connectivity index (χ3n) is 3.24. The Labute approximate surface area is 128 Å². The van der Waals surface area contributed by atoms with E-state index in [9.17, 15) is 5.11 Å². The average Bonchev–Trinajstić information content (AvgIpc) is 2.80. The largest absolute Gasteiger partial charge is 0.382 e. The smallest absolute Gasteiger partial charge is 0.122 e. The third-order valence-corrected chi connectivity index (χ3v) is 3.85. The first-order valence-corrected chi connectivity index (χ1v) is 7.39. The fourth-order valence-corrected chi connectivity index (χ4v) is 2.64. The third kappa shape index (κ3) is 2.88. The van der Waals surface area contributed by atoms with Gasteiger partial charge in [-0.2, -0.15) is 5.10 Å². The van der Waals surface area contributed by atoms with Gasteiger partial charge in [0.2, 0.25) is 0 Å². The van der Waals surface area contributed by atoms with Crippen LogP contribution in [0.3, 0.4) is 0 Å². The monoisotopic (exact) mass is 337 g/mol. The number of rotatable bonds is 4. The minimum absolute atomic E-state index is 0.197. The molecule has 2 rings (SSSR count). The minimum Gasteiger partial charge on any atom is -0.382 e. The Morgan fingerprint density at radius 1 is 1.30 bits per heavy atom. The summed E-state index contributed by atoms with van der Waals surface area (Å²) >= 11 is 3.48. The van der Waals surface area contributed by atoms with E-state index in [0.29, 0.717) is 0 Å². The van der Waals surface area contributed by atoms with Gasteiger partial charge >= 0.3 is 0 Å². The molecule has 0 saturated carbocycles. The lowest BCUT2D eigenvalue weighted by Crippen LogP contribution is -2.14. The summed E-state index contributed by atoms with van der Waals surface area (Å²) in [6.07, 6.45) is 1.03. The molecule has 0 amide bonds. The van der Waals surface area contributed by atoms with E-state index in [1.54, 1.807) is 6.20 Å². The maximum Gasteiger partial charge on any atom is 0.122 e. The standard InChI is InChI=1S/C15H20BrN3O/c1-10(2)19-14(13(16)9-17-19)15(20)11-6-5-7-12(8-11)18(3)4/h5-10,15,20H,1-4H3. The average molecular weight is 338 g/mol. The van der Waals surface area contributed by atoms with Crippen molar-refractivity contribution in [2.75, 3.05) is 19.0 Å². The lowest BCUT2D eigenvalue weighted by Gasteiger charge is -2.19. The Morgan fingerprint density at radius 2 is 2.00 bits per heavy atom. The molecule has 0 radical (unpaired) electrons. The Balaban J connectivity index is 2.43. The van der Waals surface area contributed by atoms with Gasteiger partial charge in [-0.05, 0) is 47.5 Å². The number of benzene rings is 1. The highest BCUT2D eigenvalue weighted by Gasteiger charge is 2.21. The van der Waals surface area contributed by atoms with Crippen molar-refractivity contribution in [3.63, 3.8) is 0 Å². The number of nitrogens with zero attached hydrogens (tertiary/aromatic N) is 3. The van der Waals surface area contributed by atoms with Gasteiger partial charge in [-0.15, -0.1) is 0 Å². The zero-order valence-electron chi connectivity index (χ0n) is 12.2. The second-order valence-electron chi connectivity index (χ2n) is 5.31. The van der Waals surface area contributed by atoms with Crippen molar-refractivity contribution in [3.05, 3.63) is 46.2 Å². The van der Waals surface area contributed by atoms with Gasteiger partial charge in [0.05, 0.1) is 16.4 Å². The first-order chi connectivity index (χ1) is 9.41. The van der Waals surface area contributed by atoms with Crippen molar-refractivity contribution in [2.45, 2.75) is 26.0 Å². The maximum absolute atomic E-state index is 10.7. The molecule has 0 fully saturated rings. The van der Waals surface area contributed by atoms with Crippen LogP contribution in [0.25, 0.3) is 0 Å². The second kappa shape index (κ2) is 5.97. The number of aliphatic hydroxyl groups excluding tert-OH is 1. The molecule has 1 aromatic heterocycles. The summed E-state index contributed by atoms with van der Waals surface area (Å²) in [5.41, 5.74) is 2.71. The van der Waals surface area contributed by atoms with E-state index in [4.69, 9.17) is 0 Å². The summed E-state index contributed by atoms with van der Waals surface area (Å²) in [6.45, 7) is 4.10. The number of hydrogen-bond donors (Lipinski definition) is 1. The normalized spacial score (nSPS) is 12.8. The molecule has 1 N–H and O–H groups in total. The highest BCUT2D eigenvalue weighted by atomic mass is 79.9. The Morgan fingerprint density at radius 3 is 2.60 bits per heavy atom. The van der Waals surface area contributed by atoms with Crippen LogP contribution in [0.5, 0.6) is 0 Å². The van der Waals surface area contributed by atoms with Crippen LogP contribution in [0, 0.1) is 0 Å². The molecule has 0 bridgehead atoms. The van der Waals surface area contributed by atoms with Crippen molar-refractivity contribution < 1.29 is 5.11 Å². The molecule has 0 aliphatic heterocycles. The Kier molecular flexibility index (Phi) is 4.50. The SMILES string of the molecule is CC(C)n1ncc(Br)c1C(O)c1cccc(N(C)C)c1. The van der Waals surface area contributed by atoms with Crippen LogP contribution < -0.4 is 4.90 Å². The predicted molar refractivity (Wildman–Crippen MR) is 85.1 cm³/mol. The topological polar surface area (TPSA) is 41.3 Å². The van der Waals surface area contributed by atoms with Gasteiger partial charge in [0.1, 0.15) is 6.10 Å². The maximum atomic E-state index is 10.7. The number of halogens is 1. The molecule has 1 aromatic carbocycles. The van der Waals surface area contributed by atoms with Crippen LogP contribution in [-0.4, -0.2) is 29.0 Å². The first kappa shape index (κ1) is 15.1. The summed E-state index contributed by atoms with van der Waals surface area (Å²) in [7, 11) is 3.97. The molecule has 0 spiro atoms. The highest BCUT2D eigenvalue weighted by molar-refractivity contribution is 9.10. The zero-order chi connectivity index (χ0) is 14.9. The van der Waals surface area contributed by atoms with Gasteiger partial charge in [-0.1, -0.05) is 12.1 Å². The van der Waals surface area contributed by atoms with Gasteiger partial charge in [-0.25, -0.2) is 0 Å². The van der Waals surface area contributed by atoms with Crippen molar-refractivity contribution >= 4 is 21.6 Å². The molecule has 1 unspecified atom stereocenters. The molecule has 1 atom stereocenters. The molecular formula is C15H20BrN3O. The summed E-state index contributed by atoms with van der Waals surface area (Å²) in [5.74, 6) is 0. The van der Waals surface area contributed by atoms with E-state index in [0.717, 1.165) is 21.4 Å². The van der Waals surface area contributed by atoms with E-state index in [2.05, 4.69) is 21.0 Å². The summed E-state index contributed by atoms with van der Waals surface area (Å²) < 4.78 is 2.67. The van der Waals surface area contributed by atoms with Crippen molar-refractivity contribution in [1.82, 2.24) is 9.78 Å². The van der Waals surface area contributed by atoms with Gasteiger partial charge in [-0.3, -0.25) is 4.68 Å². The Bertz CT molecular complexity index is 593. The highest BCUT2D eigenvalue weighted by Crippen LogP contribution is 2.31. The van der Waals surface area contributed by atoms with Crippen LogP contribution in [-0.2, 0) is 0 Å². The van der Waals surface area contributed by atoms with E-state index in [1.807, 2.05) is 61.8 Å². The first-order valence-electron chi connectivity index (χ1n) is 6.60. The number of aliphatic hydroxyl groups is 1. The molecule has 4 nitrogen and oxygen atoms in total. The van der Waals surface area contributed by atoms with Gasteiger partial charge < -0.3 is 10.0 Å². The van der Waals surface area contributed by atoms with Gasteiger partial charge in [0.25, 0.3) is 0 Å². The number of aromatic nitrogens is 2. The zero-order valence-corrected chi connectivity index (χ0v) is 13.8. The van der Waals surface area contributed by atoms with Gasteiger partial charge in [0, 0.05) is 25.8 Å². The van der Waals surface area contributed by atoms with Crippen molar-refractivity contribution in [1.29, 1.82) is 0 Å². The van der Waals surface area contributed by atoms with E-state index >= 15 is 0 Å². The molecule has 2 aromatic rings. The number of hydrogen-bond acceptors (Lipinski definition) is 3. The molecule has 5 heteroatoms. The van der Waals surface area contributed by atoms with E-state index in [1.165, 1.54) is 0 Å². The van der Waals surface area contributed by atoms with Crippen LogP contribution >= 0.6 is 15.9 Å². The quantitative estimate of drug-likeness (QED) is 0.929. The second-order valence-corrected chi connectivity index (χ2v) is 6.16. The molecule has 20 heavy (non-hydrogen) atoms. The summed E-state index contributed by atoms with van der Waals surface area (Å²) in [6, 6.07) is 8.10. The lowest BCUT2D eigenvalue weighted by molar-refractivity contribution is 0.204. The molecule has 1 heterocycles. The van der Waals surface area contributed by atoms with Crippen LogP contribution in [0.15, 0.2) is 34.9 Å². The predicted octanol–water partition coefficient (Wildman–Crippen LogP) is 3.37. The summed E-state index contributed by atoms with van der Waals surface area (Å²) in [4.78, 5) is 2.02. The Hall–Kier alpha value is -1.33. The molecule has 108 valence electrons. The fourth-order valence-electron chi connectivity index (χ4n) is 2.15. The molecule has 0 aliphatic rings. The van der Waals surface area contributed by atoms with Crippen LogP contribution in [0.2, 0.25) is 0 Å². The van der Waals surface area contributed by atoms with E-state index in [-0.39, 0.29) is 6.04 Å². The van der Waals surface area contributed by atoms with Crippen molar-refractivity contribution in [3.8, 4) is 0 Å². The van der Waals surface area contributed by atoms with E-state index < -0.39 is 6.10 Å². The molecular weight excluding hydrogens is 318 g/mol.